The number of carbonyl (C=O) groups is 2. The molecule has 6 nitrogen and oxygen atoms in total. The summed E-state index contributed by atoms with van der Waals surface area (Å²) in [7, 11) is 0. The third-order valence-electron chi connectivity index (χ3n) is 4.64. The summed E-state index contributed by atoms with van der Waals surface area (Å²) in [6, 6.07) is 18.4. The number of imidazole rings is 1. The number of hydrogen-bond donors (Lipinski definition) is 2. The van der Waals surface area contributed by atoms with Gasteiger partial charge in [0, 0.05) is 24.1 Å². The predicted octanol–water partition coefficient (Wildman–Crippen LogP) is 4.71. The molecule has 1 aromatic heterocycles. The minimum Gasteiger partial charge on any atom is -0.332 e. The van der Waals surface area contributed by atoms with E-state index >= 15 is 0 Å². The van der Waals surface area contributed by atoms with Crippen LogP contribution in [0.2, 0.25) is 0 Å². The molecule has 8 heteroatoms. The Bertz CT molecular complexity index is 1270. The lowest BCUT2D eigenvalue weighted by atomic mass is 10.1. The predicted molar refractivity (Wildman–Crippen MR) is 116 cm³/mol. The van der Waals surface area contributed by atoms with Gasteiger partial charge >= 0.3 is 0 Å². The second-order valence-electron chi connectivity index (χ2n) is 7.03. The number of amides is 2. The number of hydrogen-bond acceptors (Lipinski definition) is 3. The highest BCUT2D eigenvalue weighted by molar-refractivity contribution is 6.04. The summed E-state index contributed by atoms with van der Waals surface area (Å²) in [6.07, 6.45) is 3.11. The van der Waals surface area contributed by atoms with Crippen molar-refractivity contribution in [1.82, 2.24) is 9.55 Å². The van der Waals surface area contributed by atoms with Crippen LogP contribution in [-0.4, -0.2) is 21.4 Å². The fourth-order valence-corrected chi connectivity index (χ4v) is 3.07. The van der Waals surface area contributed by atoms with Crippen LogP contribution < -0.4 is 10.6 Å². The lowest BCUT2D eigenvalue weighted by molar-refractivity contribution is 0.101. The summed E-state index contributed by atoms with van der Waals surface area (Å²) in [4.78, 5) is 28.6. The van der Waals surface area contributed by atoms with Crippen molar-refractivity contribution in [1.29, 1.82) is 0 Å². The maximum Gasteiger partial charge on any atom is 0.275 e. The number of benzene rings is 3. The van der Waals surface area contributed by atoms with Crippen molar-refractivity contribution in [3.05, 3.63) is 114 Å². The van der Waals surface area contributed by atoms with Gasteiger partial charge in [0.25, 0.3) is 11.8 Å². The van der Waals surface area contributed by atoms with Gasteiger partial charge in [-0.15, -0.1) is 0 Å². The average Bonchev–Trinajstić information content (AvgIpc) is 3.24. The first-order chi connectivity index (χ1) is 15.5. The number of nitrogens with zero attached hydrogens (tertiary/aromatic N) is 2. The first-order valence-electron chi connectivity index (χ1n) is 9.71. The van der Waals surface area contributed by atoms with Crippen molar-refractivity contribution in [3.63, 3.8) is 0 Å². The van der Waals surface area contributed by atoms with Crippen molar-refractivity contribution >= 4 is 23.2 Å². The van der Waals surface area contributed by atoms with Crippen LogP contribution in [0.4, 0.5) is 20.2 Å². The van der Waals surface area contributed by atoms with Gasteiger partial charge in [0.2, 0.25) is 0 Å². The summed E-state index contributed by atoms with van der Waals surface area (Å²) in [5.74, 6) is -2.00. The third-order valence-corrected chi connectivity index (χ3v) is 4.64. The second-order valence-corrected chi connectivity index (χ2v) is 7.03. The monoisotopic (exact) mass is 432 g/mol. The van der Waals surface area contributed by atoms with Crippen molar-refractivity contribution in [3.8, 4) is 0 Å². The molecule has 32 heavy (non-hydrogen) atoms. The number of halogens is 2. The molecule has 160 valence electrons. The molecular formula is C24H18F2N4O2. The largest absolute Gasteiger partial charge is 0.332 e. The topological polar surface area (TPSA) is 76.0 Å². The molecule has 0 atom stereocenters. The molecule has 0 radical (unpaired) electrons. The van der Waals surface area contributed by atoms with Crippen molar-refractivity contribution in [2.75, 3.05) is 10.6 Å². The Morgan fingerprint density at radius 1 is 0.844 bits per heavy atom. The molecule has 0 bridgehead atoms. The Hall–Kier alpha value is -4.33. The number of nitrogens with one attached hydrogen (secondary N) is 2. The van der Waals surface area contributed by atoms with Crippen LogP contribution in [0.1, 0.15) is 26.4 Å². The zero-order valence-corrected chi connectivity index (χ0v) is 16.8. The molecule has 2 N–H and O–H groups in total. The van der Waals surface area contributed by atoms with Crippen molar-refractivity contribution in [2.24, 2.45) is 0 Å². The molecule has 0 aliphatic carbocycles. The van der Waals surface area contributed by atoms with Gasteiger partial charge in [-0.3, -0.25) is 9.59 Å². The molecule has 0 aliphatic heterocycles. The van der Waals surface area contributed by atoms with E-state index in [0.29, 0.717) is 17.9 Å². The number of rotatable bonds is 6. The first-order valence-corrected chi connectivity index (χ1v) is 9.71. The quantitative estimate of drug-likeness (QED) is 0.463. The van der Waals surface area contributed by atoms with Crippen LogP contribution in [0.5, 0.6) is 0 Å². The van der Waals surface area contributed by atoms with E-state index in [9.17, 15) is 18.4 Å². The first kappa shape index (κ1) is 20.9. The lowest BCUT2D eigenvalue weighted by Gasteiger charge is -2.08. The Morgan fingerprint density at radius 3 is 2.34 bits per heavy atom. The van der Waals surface area contributed by atoms with Gasteiger partial charge in [-0.05, 0) is 48.0 Å². The molecular weight excluding hydrogens is 414 g/mol. The molecule has 4 rings (SSSR count). The number of carbonyl (C=O) groups excluding carboxylic acids is 2. The van der Waals surface area contributed by atoms with E-state index in [-0.39, 0.29) is 11.3 Å². The van der Waals surface area contributed by atoms with Gasteiger partial charge in [-0.2, -0.15) is 0 Å². The van der Waals surface area contributed by atoms with E-state index in [2.05, 4.69) is 15.6 Å². The van der Waals surface area contributed by atoms with Crippen LogP contribution in [0.15, 0.2) is 85.3 Å². The summed E-state index contributed by atoms with van der Waals surface area (Å²) in [5, 5.41) is 5.26. The van der Waals surface area contributed by atoms with Crippen molar-refractivity contribution in [2.45, 2.75) is 6.54 Å². The number of aromatic nitrogens is 2. The smallest absolute Gasteiger partial charge is 0.275 e. The SMILES string of the molecule is O=C(Nc1cccc(F)c1)c1cn(Cc2ccc(NC(=O)c3ccccc3F)cc2)cn1. The summed E-state index contributed by atoms with van der Waals surface area (Å²) in [6.45, 7) is 0.446. The average molecular weight is 432 g/mol. The van der Waals surface area contributed by atoms with Gasteiger partial charge < -0.3 is 15.2 Å². The molecule has 0 saturated carbocycles. The molecule has 0 saturated heterocycles. The molecule has 1 heterocycles. The fraction of sp³-hybridized carbons (Fsp3) is 0.0417. The van der Waals surface area contributed by atoms with Gasteiger partial charge in [0.1, 0.15) is 17.3 Å². The standard InChI is InChI=1S/C24H18F2N4O2/c25-17-4-3-5-19(12-17)29-24(32)22-14-30(15-27-22)13-16-8-10-18(11-9-16)28-23(31)20-6-1-2-7-21(20)26/h1-12,14-15H,13H2,(H,28,31)(H,29,32). The van der Waals surface area contributed by atoms with E-state index in [0.717, 1.165) is 5.56 Å². The second kappa shape index (κ2) is 9.22. The van der Waals surface area contributed by atoms with E-state index in [1.54, 1.807) is 35.0 Å². The van der Waals surface area contributed by atoms with E-state index < -0.39 is 23.4 Å². The molecule has 0 unspecified atom stereocenters. The van der Waals surface area contributed by atoms with Crippen LogP contribution in [0.25, 0.3) is 0 Å². The minimum atomic E-state index is -0.584. The molecule has 0 spiro atoms. The molecule has 4 aromatic rings. The van der Waals surface area contributed by atoms with Gasteiger partial charge in [0.15, 0.2) is 0 Å². The lowest BCUT2D eigenvalue weighted by Crippen LogP contribution is -2.13. The third kappa shape index (κ3) is 5.04. The van der Waals surface area contributed by atoms with E-state index in [1.807, 2.05) is 12.1 Å². The maximum absolute atomic E-state index is 13.7. The van der Waals surface area contributed by atoms with Gasteiger partial charge in [-0.1, -0.05) is 30.3 Å². The van der Waals surface area contributed by atoms with Crippen LogP contribution >= 0.6 is 0 Å². The highest BCUT2D eigenvalue weighted by Gasteiger charge is 2.12. The van der Waals surface area contributed by atoms with E-state index in [4.69, 9.17) is 0 Å². The van der Waals surface area contributed by atoms with Gasteiger partial charge in [0.05, 0.1) is 11.9 Å². The molecule has 2 amide bonds. The number of anilines is 2. The Labute approximate surface area is 182 Å². The van der Waals surface area contributed by atoms with Gasteiger partial charge in [-0.25, -0.2) is 13.8 Å². The Balaban J connectivity index is 1.37. The Kier molecular flexibility index (Phi) is 6.03. The molecule has 0 fully saturated rings. The normalized spacial score (nSPS) is 10.6. The Morgan fingerprint density at radius 2 is 1.59 bits per heavy atom. The minimum absolute atomic E-state index is 0.0287. The maximum atomic E-state index is 13.7. The van der Waals surface area contributed by atoms with Crippen LogP contribution in [-0.2, 0) is 6.54 Å². The molecule has 3 aromatic carbocycles. The molecule has 0 aliphatic rings. The summed E-state index contributed by atoms with van der Waals surface area (Å²) < 4.78 is 28.7. The fourth-order valence-electron chi connectivity index (χ4n) is 3.07. The zero-order valence-electron chi connectivity index (χ0n) is 16.8. The summed E-state index contributed by atoms with van der Waals surface area (Å²) >= 11 is 0. The zero-order chi connectivity index (χ0) is 22.5. The summed E-state index contributed by atoms with van der Waals surface area (Å²) in [5.41, 5.74) is 1.95. The highest BCUT2D eigenvalue weighted by Crippen LogP contribution is 2.15. The highest BCUT2D eigenvalue weighted by atomic mass is 19.1. The van der Waals surface area contributed by atoms with Crippen molar-refractivity contribution < 1.29 is 18.4 Å². The van der Waals surface area contributed by atoms with Crippen LogP contribution in [0, 0.1) is 11.6 Å². The van der Waals surface area contributed by atoms with Crippen LogP contribution in [0.3, 0.4) is 0 Å². The van der Waals surface area contributed by atoms with E-state index in [1.165, 1.54) is 42.7 Å².